The summed E-state index contributed by atoms with van der Waals surface area (Å²) in [7, 11) is 2.06. The molecule has 0 aliphatic heterocycles. The average Bonchev–Trinajstić information content (AvgIpc) is 2.63. The van der Waals surface area contributed by atoms with Gasteiger partial charge in [-0.25, -0.2) is 0 Å². The topological polar surface area (TPSA) is 12.0 Å². The van der Waals surface area contributed by atoms with Gasteiger partial charge in [-0.05, 0) is 48.4 Å². The second-order valence-electron chi connectivity index (χ2n) is 5.97. The molecule has 0 aromatic heterocycles. The Labute approximate surface area is 99.3 Å². The van der Waals surface area contributed by atoms with E-state index in [1.807, 2.05) is 0 Å². The van der Waals surface area contributed by atoms with Crippen LogP contribution < -0.4 is 5.32 Å². The van der Waals surface area contributed by atoms with Gasteiger partial charge in [-0.1, -0.05) is 39.0 Å². The highest BCUT2D eigenvalue weighted by molar-refractivity contribution is 5.37. The van der Waals surface area contributed by atoms with Crippen LogP contribution >= 0.6 is 0 Å². The second kappa shape index (κ2) is 4.21. The number of hydrogen-bond donors (Lipinski definition) is 1. The van der Waals surface area contributed by atoms with Gasteiger partial charge in [-0.15, -0.1) is 0 Å². The van der Waals surface area contributed by atoms with E-state index >= 15 is 0 Å². The van der Waals surface area contributed by atoms with Crippen molar-refractivity contribution < 1.29 is 0 Å². The van der Waals surface area contributed by atoms with Crippen LogP contribution in [0, 0.1) is 5.41 Å². The van der Waals surface area contributed by atoms with E-state index in [0.29, 0.717) is 6.04 Å². The van der Waals surface area contributed by atoms with Crippen molar-refractivity contribution in [3.8, 4) is 0 Å². The van der Waals surface area contributed by atoms with Crippen LogP contribution in [0.4, 0.5) is 0 Å². The molecule has 88 valence electrons. The van der Waals surface area contributed by atoms with Gasteiger partial charge < -0.3 is 5.32 Å². The molecule has 1 N–H and O–H groups in total. The minimum atomic E-state index is 0.265. The Bertz CT molecular complexity index is 374. The fourth-order valence-corrected chi connectivity index (χ4v) is 2.87. The third-order valence-corrected chi connectivity index (χ3v) is 3.61. The molecule has 16 heavy (non-hydrogen) atoms. The van der Waals surface area contributed by atoms with Gasteiger partial charge in [0.15, 0.2) is 0 Å². The van der Waals surface area contributed by atoms with E-state index in [2.05, 4.69) is 51.3 Å². The zero-order chi connectivity index (χ0) is 11.8. The zero-order valence-corrected chi connectivity index (χ0v) is 10.9. The number of fused-ring (bicyclic) bond motifs is 1. The molecule has 2 rings (SSSR count). The van der Waals surface area contributed by atoms with Crippen molar-refractivity contribution in [3.05, 3.63) is 34.9 Å². The Morgan fingerprint density at radius 1 is 1.12 bits per heavy atom. The van der Waals surface area contributed by atoms with Crippen LogP contribution in [0.25, 0.3) is 0 Å². The first kappa shape index (κ1) is 11.7. The normalized spacial score (nSPS) is 17.2. The summed E-state index contributed by atoms with van der Waals surface area (Å²) in [6.45, 7) is 6.88. The predicted molar refractivity (Wildman–Crippen MR) is 69.7 cm³/mol. The molecule has 0 saturated heterocycles. The highest BCUT2D eigenvalue weighted by Gasteiger charge is 2.25. The lowest BCUT2D eigenvalue weighted by molar-refractivity contribution is 0.287. The minimum absolute atomic E-state index is 0.265. The van der Waals surface area contributed by atoms with Crippen LogP contribution in [0.5, 0.6) is 0 Å². The van der Waals surface area contributed by atoms with Crippen LogP contribution in [0.3, 0.4) is 0 Å². The maximum Gasteiger partial charge on any atom is 0.0366 e. The minimum Gasteiger partial charge on any atom is -0.313 e. The molecule has 0 saturated carbocycles. The summed E-state index contributed by atoms with van der Waals surface area (Å²) in [5, 5.41) is 3.45. The van der Waals surface area contributed by atoms with Crippen molar-refractivity contribution in [2.45, 2.75) is 46.1 Å². The zero-order valence-electron chi connectivity index (χ0n) is 10.9. The van der Waals surface area contributed by atoms with E-state index in [1.165, 1.54) is 24.8 Å². The van der Waals surface area contributed by atoms with Crippen molar-refractivity contribution in [2.24, 2.45) is 5.41 Å². The van der Waals surface area contributed by atoms with Gasteiger partial charge in [0, 0.05) is 6.04 Å². The molecule has 1 heteroatoms. The summed E-state index contributed by atoms with van der Waals surface area (Å²) in [6.07, 6.45) is 3.87. The number of benzene rings is 1. The molecule has 1 atom stereocenters. The van der Waals surface area contributed by atoms with Crippen LogP contribution in [-0.4, -0.2) is 7.05 Å². The van der Waals surface area contributed by atoms with E-state index in [-0.39, 0.29) is 5.41 Å². The molecule has 0 radical (unpaired) electrons. The predicted octanol–water partition coefficient (Wildman–Crippen LogP) is 3.48. The van der Waals surface area contributed by atoms with Crippen molar-refractivity contribution in [1.82, 2.24) is 5.32 Å². The summed E-state index contributed by atoms with van der Waals surface area (Å²) < 4.78 is 0. The van der Waals surface area contributed by atoms with E-state index in [4.69, 9.17) is 0 Å². The maximum atomic E-state index is 3.45. The van der Waals surface area contributed by atoms with Crippen molar-refractivity contribution >= 4 is 0 Å². The van der Waals surface area contributed by atoms with Crippen molar-refractivity contribution in [2.75, 3.05) is 7.05 Å². The first-order valence-corrected chi connectivity index (χ1v) is 6.31. The number of rotatable bonds is 2. The Hall–Kier alpha value is -0.820. The van der Waals surface area contributed by atoms with E-state index < -0.39 is 0 Å². The quantitative estimate of drug-likeness (QED) is 0.799. The highest BCUT2D eigenvalue weighted by atomic mass is 14.9. The third kappa shape index (κ3) is 2.15. The average molecular weight is 217 g/mol. The lowest BCUT2D eigenvalue weighted by Crippen LogP contribution is -2.29. The SMILES string of the molecule is CNC(c1ccc2c(c1)CCC2)C(C)(C)C. The van der Waals surface area contributed by atoms with Gasteiger partial charge in [0.05, 0.1) is 0 Å². The fourth-order valence-electron chi connectivity index (χ4n) is 2.87. The number of hydrogen-bond acceptors (Lipinski definition) is 1. The van der Waals surface area contributed by atoms with E-state index in [9.17, 15) is 0 Å². The molecule has 0 amide bonds. The molecule has 0 spiro atoms. The molecule has 1 aromatic rings. The smallest absolute Gasteiger partial charge is 0.0366 e. The number of nitrogens with one attached hydrogen (secondary N) is 1. The van der Waals surface area contributed by atoms with Gasteiger partial charge >= 0.3 is 0 Å². The Balaban J connectivity index is 2.33. The molecule has 0 heterocycles. The Morgan fingerprint density at radius 3 is 2.44 bits per heavy atom. The molecule has 0 fully saturated rings. The standard InChI is InChI=1S/C15H23N/c1-15(2,3)14(16-4)13-9-8-11-6-5-7-12(11)10-13/h8-10,14,16H,5-7H2,1-4H3. The Morgan fingerprint density at radius 2 is 1.81 bits per heavy atom. The van der Waals surface area contributed by atoms with Gasteiger partial charge in [-0.3, -0.25) is 0 Å². The molecule has 1 nitrogen and oxygen atoms in total. The first-order chi connectivity index (χ1) is 7.52. The van der Waals surface area contributed by atoms with Gasteiger partial charge in [0.25, 0.3) is 0 Å². The van der Waals surface area contributed by atoms with Crippen LogP contribution in [0.2, 0.25) is 0 Å². The molecular formula is C15H23N. The third-order valence-electron chi connectivity index (χ3n) is 3.61. The first-order valence-electron chi connectivity index (χ1n) is 6.31. The number of aryl methyl sites for hydroxylation is 2. The second-order valence-corrected chi connectivity index (χ2v) is 5.97. The maximum absolute atomic E-state index is 3.45. The van der Waals surface area contributed by atoms with Crippen LogP contribution in [-0.2, 0) is 12.8 Å². The lowest BCUT2D eigenvalue weighted by Gasteiger charge is -2.31. The van der Waals surface area contributed by atoms with E-state index in [0.717, 1.165) is 0 Å². The lowest BCUT2D eigenvalue weighted by atomic mass is 9.82. The fraction of sp³-hybridized carbons (Fsp3) is 0.600. The Kier molecular flexibility index (Phi) is 3.07. The largest absolute Gasteiger partial charge is 0.313 e. The highest BCUT2D eigenvalue weighted by Crippen LogP contribution is 2.34. The summed E-state index contributed by atoms with van der Waals surface area (Å²) in [5.41, 5.74) is 4.84. The summed E-state index contributed by atoms with van der Waals surface area (Å²) >= 11 is 0. The molecule has 1 unspecified atom stereocenters. The van der Waals surface area contributed by atoms with Crippen molar-refractivity contribution in [3.63, 3.8) is 0 Å². The van der Waals surface area contributed by atoms with Gasteiger partial charge in [-0.2, -0.15) is 0 Å². The summed E-state index contributed by atoms with van der Waals surface area (Å²) in [5.74, 6) is 0. The summed E-state index contributed by atoms with van der Waals surface area (Å²) in [6, 6.07) is 7.48. The molecule has 0 bridgehead atoms. The van der Waals surface area contributed by atoms with Gasteiger partial charge in [0.1, 0.15) is 0 Å². The van der Waals surface area contributed by atoms with Crippen LogP contribution in [0.15, 0.2) is 18.2 Å². The molecule has 1 aromatic carbocycles. The molecule has 1 aliphatic rings. The summed E-state index contributed by atoms with van der Waals surface area (Å²) in [4.78, 5) is 0. The van der Waals surface area contributed by atoms with Crippen LogP contribution in [0.1, 0.15) is 49.9 Å². The van der Waals surface area contributed by atoms with Crippen molar-refractivity contribution in [1.29, 1.82) is 0 Å². The molecule has 1 aliphatic carbocycles. The monoisotopic (exact) mass is 217 g/mol. The van der Waals surface area contributed by atoms with Gasteiger partial charge in [0.2, 0.25) is 0 Å². The molecular weight excluding hydrogens is 194 g/mol. The van der Waals surface area contributed by atoms with E-state index in [1.54, 1.807) is 11.1 Å².